The summed E-state index contributed by atoms with van der Waals surface area (Å²) in [6.45, 7) is 3.71. The Kier molecular flexibility index (Phi) is 5.01. The van der Waals surface area contributed by atoms with Gasteiger partial charge >= 0.3 is 0 Å². The minimum atomic E-state index is -4.27. The summed E-state index contributed by atoms with van der Waals surface area (Å²) in [5.41, 5.74) is 0.881. The maximum absolute atomic E-state index is 13.5. The molecular formula is C21H21N5O7S. The van der Waals surface area contributed by atoms with Crippen LogP contribution in [0.25, 0.3) is 11.0 Å². The van der Waals surface area contributed by atoms with Crippen molar-refractivity contribution in [3.63, 3.8) is 0 Å². The number of methoxy groups -OCH3 is 2. The van der Waals surface area contributed by atoms with Crippen LogP contribution in [-0.2, 0) is 16.6 Å². The van der Waals surface area contributed by atoms with Gasteiger partial charge in [-0.2, -0.15) is 5.10 Å². The molecule has 12 nitrogen and oxygen atoms in total. The highest BCUT2D eigenvalue weighted by Crippen LogP contribution is 2.48. The van der Waals surface area contributed by atoms with Crippen LogP contribution in [0.15, 0.2) is 46.1 Å². The van der Waals surface area contributed by atoms with E-state index in [0.717, 1.165) is 0 Å². The van der Waals surface area contributed by atoms with Gasteiger partial charge in [0.25, 0.3) is 10.0 Å². The second-order valence-electron chi connectivity index (χ2n) is 7.86. The highest BCUT2D eigenvalue weighted by Gasteiger charge is 2.39. The Bertz CT molecular complexity index is 1480. The molecule has 0 unspecified atom stereocenters. The number of nitrogens with one attached hydrogen (secondary N) is 1. The van der Waals surface area contributed by atoms with Crippen LogP contribution in [0.3, 0.4) is 0 Å². The Morgan fingerprint density at radius 1 is 1.18 bits per heavy atom. The van der Waals surface area contributed by atoms with Crippen molar-refractivity contribution in [2.24, 2.45) is 0 Å². The molecule has 4 heterocycles. The smallest absolute Gasteiger partial charge is 0.270 e. The predicted molar refractivity (Wildman–Crippen MR) is 119 cm³/mol. The Labute approximate surface area is 194 Å². The molecule has 178 valence electrons. The first-order valence-electron chi connectivity index (χ1n) is 10.1. The molecule has 1 N–H and O–H groups in total. The maximum atomic E-state index is 13.5. The molecule has 0 fully saturated rings. The zero-order valence-electron chi connectivity index (χ0n) is 18.7. The number of rotatable bonds is 7. The van der Waals surface area contributed by atoms with E-state index < -0.39 is 15.8 Å². The van der Waals surface area contributed by atoms with Crippen LogP contribution >= 0.6 is 0 Å². The minimum Gasteiger partial charge on any atom is -0.495 e. The largest absolute Gasteiger partial charge is 0.495 e. The summed E-state index contributed by atoms with van der Waals surface area (Å²) >= 11 is 0. The number of nitrogens with zero attached hydrogens (tertiary/aromatic N) is 4. The van der Waals surface area contributed by atoms with Crippen molar-refractivity contribution in [3.8, 4) is 23.1 Å². The number of hydrogen-bond donors (Lipinski definition) is 1. The first kappa shape index (κ1) is 21.8. The lowest BCUT2D eigenvalue weighted by atomic mass is 10.2. The van der Waals surface area contributed by atoms with Gasteiger partial charge in [0, 0.05) is 32.3 Å². The van der Waals surface area contributed by atoms with Gasteiger partial charge in [-0.05, 0) is 18.2 Å². The minimum absolute atomic E-state index is 0.0382. The molecule has 1 aromatic carbocycles. The van der Waals surface area contributed by atoms with Crippen molar-refractivity contribution in [1.29, 1.82) is 0 Å². The summed E-state index contributed by atoms with van der Waals surface area (Å²) in [5.74, 6) is -0.605. The van der Waals surface area contributed by atoms with Crippen molar-refractivity contribution in [1.82, 2.24) is 19.9 Å². The molecule has 1 aliphatic heterocycles. The Morgan fingerprint density at radius 3 is 2.71 bits per heavy atom. The Hall–Kier alpha value is -4.00. The SMILES string of the molecule is COc1ccc2c(c1S(=O)(=O)Nc1noc3cc(Cn4cccn4)nc(OC)c13)OC(C)(C)O2. The average molecular weight is 487 g/mol. The second-order valence-corrected chi connectivity index (χ2v) is 9.48. The van der Waals surface area contributed by atoms with Gasteiger partial charge in [-0.1, -0.05) is 5.16 Å². The summed E-state index contributed by atoms with van der Waals surface area (Å²) in [6.07, 6.45) is 3.44. The fourth-order valence-corrected chi connectivity index (χ4v) is 4.96. The number of anilines is 1. The van der Waals surface area contributed by atoms with Crippen molar-refractivity contribution >= 4 is 26.8 Å². The number of hydrogen-bond acceptors (Lipinski definition) is 10. The van der Waals surface area contributed by atoms with E-state index in [1.165, 1.54) is 20.3 Å². The van der Waals surface area contributed by atoms with Gasteiger partial charge in [0.05, 0.1) is 26.5 Å². The van der Waals surface area contributed by atoms with Crippen LogP contribution in [0.4, 0.5) is 5.82 Å². The monoisotopic (exact) mass is 487 g/mol. The molecule has 0 aliphatic carbocycles. The number of benzene rings is 1. The highest BCUT2D eigenvalue weighted by molar-refractivity contribution is 7.93. The summed E-state index contributed by atoms with van der Waals surface area (Å²) < 4.78 is 58.7. The Balaban J connectivity index is 1.56. The molecule has 34 heavy (non-hydrogen) atoms. The molecule has 0 saturated carbocycles. The van der Waals surface area contributed by atoms with E-state index in [0.29, 0.717) is 12.2 Å². The number of sulfonamides is 1. The van der Waals surface area contributed by atoms with Crippen LogP contribution in [0, 0.1) is 0 Å². The fourth-order valence-electron chi connectivity index (χ4n) is 3.66. The van der Waals surface area contributed by atoms with Gasteiger partial charge in [-0.3, -0.25) is 9.40 Å². The molecule has 3 aromatic heterocycles. The molecule has 0 bridgehead atoms. The lowest BCUT2D eigenvalue weighted by Crippen LogP contribution is -2.30. The molecule has 1 aliphatic rings. The van der Waals surface area contributed by atoms with E-state index in [4.69, 9.17) is 23.5 Å². The lowest BCUT2D eigenvalue weighted by Gasteiger charge is -2.17. The van der Waals surface area contributed by atoms with Gasteiger partial charge in [0.15, 0.2) is 27.8 Å². The van der Waals surface area contributed by atoms with E-state index in [1.807, 2.05) is 0 Å². The van der Waals surface area contributed by atoms with Crippen LogP contribution in [0.5, 0.6) is 23.1 Å². The first-order chi connectivity index (χ1) is 16.2. The van der Waals surface area contributed by atoms with Crippen molar-refractivity contribution < 1.29 is 31.9 Å². The average Bonchev–Trinajstić information content (AvgIpc) is 3.50. The quantitative estimate of drug-likeness (QED) is 0.414. The van der Waals surface area contributed by atoms with Crippen molar-refractivity contribution in [2.45, 2.75) is 31.1 Å². The summed E-state index contributed by atoms with van der Waals surface area (Å²) in [6, 6.07) is 6.51. The summed E-state index contributed by atoms with van der Waals surface area (Å²) in [4.78, 5) is 4.23. The third-order valence-electron chi connectivity index (χ3n) is 5.01. The van der Waals surface area contributed by atoms with Gasteiger partial charge in [0.2, 0.25) is 11.7 Å². The number of ether oxygens (including phenoxy) is 4. The van der Waals surface area contributed by atoms with E-state index in [-0.39, 0.29) is 44.8 Å². The molecule has 13 heteroatoms. The maximum Gasteiger partial charge on any atom is 0.270 e. The van der Waals surface area contributed by atoms with Gasteiger partial charge < -0.3 is 23.5 Å². The molecule has 0 amide bonds. The molecule has 0 radical (unpaired) electrons. The Morgan fingerprint density at radius 2 is 2.00 bits per heavy atom. The van der Waals surface area contributed by atoms with Gasteiger partial charge in [-0.25, -0.2) is 13.4 Å². The van der Waals surface area contributed by atoms with Gasteiger partial charge in [0.1, 0.15) is 11.1 Å². The molecule has 0 spiro atoms. The number of aromatic nitrogens is 4. The highest BCUT2D eigenvalue weighted by atomic mass is 32.2. The van der Waals surface area contributed by atoms with Crippen LogP contribution in [0.2, 0.25) is 0 Å². The van der Waals surface area contributed by atoms with Crippen molar-refractivity contribution in [2.75, 3.05) is 18.9 Å². The molecule has 0 saturated heterocycles. The normalized spacial score (nSPS) is 14.4. The number of pyridine rings is 1. The summed E-state index contributed by atoms with van der Waals surface area (Å²) in [7, 11) is -1.48. The zero-order chi connectivity index (χ0) is 24.1. The lowest BCUT2D eigenvalue weighted by molar-refractivity contribution is -0.0442. The first-order valence-corrected chi connectivity index (χ1v) is 11.6. The molecular weight excluding hydrogens is 466 g/mol. The van der Waals surface area contributed by atoms with Crippen LogP contribution < -0.4 is 23.7 Å². The summed E-state index contributed by atoms with van der Waals surface area (Å²) in [5, 5.41) is 8.33. The van der Waals surface area contributed by atoms with E-state index in [1.54, 1.807) is 49.1 Å². The van der Waals surface area contributed by atoms with E-state index >= 15 is 0 Å². The molecule has 4 aromatic rings. The number of fused-ring (bicyclic) bond motifs is 2. The topological polar surface area (TPSA) is 140 Å². The van der Waals surface area contributed by atoms with E-state index in [2.05, 4.69) is 20.0 Å². The van der Waals surface area contributed by atoms with Crippen molar-refractivity contribution in [3.05, 3.63) is 42.4 Å². The predicted octanol–water partition coefficient (Wildman–Crippen LogP) is 2.79. The van der Waals surface area contributed by atoms with Crippen LogP contribution in [0.1, 0.15) is 19.5 Å². The van der Waals surface area contributed by atoms with Crippen LogP contribution in [-0.4, -0.2) is 48.3 Å². The second kappa shape index (κ2) is 7.80. The molecule has 5 rings (SSSR count). The fraction of sp³-hybridized carbons (Fsp3) is 0.286. The molecule has 0 atom stereocenters. The zero-order valence-corrected chi connectivity index (χ0v) is 19.5. The van der Waals surface area contributed by atoms with Gasteiger partial charge in [-0.15, -0.1) is 0 Å². The third-order valence-corrected chi connectivity index (χ3v) is 6.40. The standard InChI is InChI=1S/C21H21N5O7S/c1-21(2)31-13-6-7-14(29-3)18(17(13)32-21)34(27,28)25-19-16-15(33-24-19)10-12(23-20(16)30-4)11-26-9-5-8-22-26/h5-10H,11H2,1-4H3,(H,24,25). The van der Waals surface area contributed by atoms with E-state index in [9.17, 15) is 8.42 Å². The third kappa shape index (κ3) is 3.73.